The van der Waals surface area contributed by atoms with Crippen LogP contribution in [0.2, 0.25) is 0 Å². The van der Waals surface area contributed by atoms with Gasteiger partial charge in [0.05, 0.1) is 16.8 Å². The van der Waals surface area contributed by atoms with E-state index in [0.717, 1.165) is 17.7 Å². The standard InChI is InChI=1S/C12H11FN2O2S/c1-9-6-7-14-8-12(9)15-18(16,17)11-4-2-10(13)3-5-11/h2-8,15H,1H3. The summed E-state index contributed by atoms with van der Waals surface area (Å²) in [6, 6.07) is 6.32. The van der Waals surface area contributed by atoms with Crippen molar-refractivity contribution in [2.24, 2.45) is 0 Å². The zero-order valence-corrected chi connectivity index (χ0v) is 10.4. The number of halogens is 1. The molecule has 0 fully saturated rings. The third-order valence-corrected chi connectivity index (χ3v) is 3.79. The molecule has 1 N–H and O–H groups in total. The van der Waals surface area contributed by atoms with Gasteiger partial charge < -0.3 is 0 Å². The van der Waals surface area contributed by atoms with Crippen molar-refractivity contribution >= 4 is 15.7 Å². The van der Waals surface area contributed by atoms with E-state index in [4.69, 9.17) is 0 Å². The van der Waals surface area contributed by atoms with Gasteiger partial charge in [-0.1, -0.05) is 0 Å². The van der Waals surface area contributed by atoms with Crippen molar-refractivity contribution in [3.05, 3.63) is 54.1 Å². The Balaban J connectivity index is 2.33. The molecule has 0 aliphatic rings. The van der Waals surface area contributed by atoms with Crippen LogP contribution in [0.25, 0.3) is 0 Å². The molecule has 0 spiro atoms. The molecule has 18 heavy (non-hydrogen) atoms. The van der Waals surface area contributed by atoms with E-state index in [1.54, 1.807) is 19.2 Å². The third kappa shape index (κ3) is 2.65. The third-order valence-electron chi connectivity index (χ3n) is 2.41. The molecule has 1 heterocycles. The summed E-state index contributed by atoms with van der Waals surface area (Å²) in [6.45, 7) is 1.77. The summed E-state index contributed by atoms with van der Waals surface area (Å²) in [7, 11) is -3.71. The predicted octanol–water partition coefficient (Wildman–Crippen LogP) is 2.33. The van der Waals surface area contributed by atoms with Gasteiger partial charge in [-0.05, 0) is 42.8 Å². The van der Waals surface area contributed by atoms with Gasteiger partial charge in [-0.2, -0.15) is 0 Å². The number of aromatic nitrogens is 1. The molecule has 0 unspecified atom stereocenters. The quantitative estimate of drug-likeness (QED) is 0.927. The fraction of sp³-hybridized carbons (Fsp3) is 0.0833. The molecule has 6 heteroatoms. The molecule has 94 valence electrons. The van der Waals surface area contributed by atoms with Crippen LogP contribution in [0.4, 0.5) is 10.1 Å². The van der Waals surface area contributed by atoms with Gasteiger partial charge in [-0.3, -0.25) is 9.71 Å². The maximum Gasteiger partial charge on any atom is 0.261 e. The van der Waals surface area contributed by atoms with Crippen LogP contribution in [0.15, 0.2) is 47.6 Å². The molecular formula is C12H11FN2O2S. The minimum absolute atomic E-state index is 0.00662. The van der Waals surface area contributed by atoms with E-state index in [1.807, 2.05) is 0 Å². The first-order valence-electron chi connectivity index (χ1n) is 5.18. The highest BCUT2D eigenvalue weighted by molar-refractivity contribution is 7.92. The number of benzene rings is 1. The van der Waals surface area contributed by atoms with Crippen LogP contribution in [-0.4, -0.2) is 13.4 Å². The average Bonchev–Trinajstić information content (AvgIpc) is 2.32. The maximum atomic E-state index is 12.7. The molecule has 0 atom stereocenters. The Hall–Kier alpha value is -1.95. The zero-order valence-electron chi connectivity index (χ0n) is 9.59. The number of nitrogens with one attached hydrogen (secondary N) is 1. The minimum atomic E-state index is -3.71. The first-order valence-corrected chi connectivity index (χ1v) is 6.66. The second-order valence-corrected chi connectivity index (χ2v) is 5.43. The number of aryl methyl sites for hydroxylation is 1. The lowest BCUT2D eigenvalue weighted by atomic mass is 10.3. The molecule has 2 rings (SSSR count). The highest BCUT2D eigenvalue weighted by Gasteiger charge is 2.15. The number of rotatable bonds is 3. The monoisotopic (exact) mass is 266 g/mol. The smallest absolute Gasteiger partial charge is 0.261 e. The van der Waals surface area contributed by atoms with Gasteiger partial charge >= 0.3 is 0 Å². The lowest BCUT2D eigenvalue weighted by molar-refractivity contribution is 0.599. The Labute approximate surface area is 105 Å². The molecule has 0 bridgehead atoms. The summed E-state index contributed by atoms with van der Waals surface area (Å²) < 4.78 is 39.2. The van der Waals surface area contributed by atoms with Gasteiger partial charge in [0.2, 0.25) is 0 Å². The molecule has 0 saturated carbocycles. The van der Waals surface area contributed by atoms with Crippen molar-refractivity contribution in [2.45, 2.75) is 11.8 Å². The largest absolute Gasteiger partial charge is 0.278 e. The fourth-order valence-electron chi connectivity index (χ4n) is 1.39. The van der Waals surface area contributed by atoms with Gasteiger partial charge in [0.25, 0.3) is 10.0 Å². The van der Waals surface area contributed by atoms with Crippen molar-refractivity contribution in [1.29, 1.82) is 0 Å². The van der Waals surface area contributed by atoms with Gasteiger partial charge in [0.15, 0.2) is 0 Å². The molecule has 4 nitrogen and oxygen atoms in total. The second kappa shape index (κ2) is 4.73. The minimum Gasteiger partial charge on any atom is -0.278 e. The van der Waals surface area contributed by atoms with E-state index in [0.29, 0.717) is 5.69 Å². The SMILES string of the molecule is Cc1ccncc1NS(=O)(=O)c1ccc(F)cc1. The average molecular weight is 266 g/mol. The topological polar surface area (TPSA) is 59.1 Å². The molecule has 0 radical (unpaired) electrons. The first-order chi connectivity index (χ1) is 8.49. The van der Waals surface area contributed by atoms with E-state index >= 15 is 0 Å². The van der Waals surface area contributed by atoms with Crippen molar-refractivity contribution in [2.75, 3.05) is 4.72 Å². The van der Waals surface area contributed by atoms with E-state index < -0.39 is 15.8 Å². The highest BCUT2D eigenvalue weighted by Crippen LogP contribution is 2.18. The predicted molar refractivity (Wildman–Crippen MR) is 66.2 cm³/mol. The lowest BCUT2D eigenvalue weighted by Crippen LogP contribution is -2.13. The lowest BCUT2D eigenvalue weighted by Gasteiger charge is -2.09. The molecule has 0 saturated heterocycles. The molecular weight excluding hydrogens is 255 g/mol. The Morgan fingerprint density at radius 2 is 1.83 bits per heavy atom. The number of sulfonamides is 1. The van der Waals surface area contributed by atoms with Crippen LogP contribution in [0.1, 0.15) is 5.56 Å². The molecule has 0 amide bonds. The summed E-state index contributed by atoms with van der Waals surface area (Å²) in [5, 5.41) is 0. The van der Waals surface area contributed by atoms with Gasteiger partial charge in [0.1, 0.15) is 5.82 Å². The molecule has 0 aliphatic heterocycles. The number of anilines is 1. The summed E-state index contributed by atoms with van der Waals surface area (Å²) in [4.78, 5) is 3.86. The van der Waals surface area contributed by atoms with Crippen LogP contribution in [0.3, 0.4) is 0 Å². The van der Waals surface area contributed by atoms with Crippen LogP contribution in [0, 0.1) is 12.7 Å². The first kappa shape index (κ1) is 12.5. The molecule has 1 aromatic heterocycles. The normalized spacial score (nSPS) is 11.2. The van der Waals surface area contributed by atoms with Crippen LogP contribution in [-0.2, 0) is 10.0 Å². The number of hydrogen-bond donors (Lipinski definition) is 1. The van der Waals surface area contributed by atoms with Crippen molar-refractivity contribution in [3.8, 4) is 0 Å². The van der Waals surface area contributed by atoms with Gasteiger partial charge in [-0.25, -0.2) is 12.8 Å². The summed E-state index contributed by atoms with van der Waals surface area (Å²) >= 11 is 0. The summed E-state index contributed by atoms with van der Waals surface area (Å²) in [5.74, 6) is -0.480. The summed E-state index contributed by atoms with van der Waals surface area (Å²) in [5.41, 5.74) is 1.16. The number of nitrogens with zero attached hydrogens (tertiary/aromatic N) is 1. The van der Waals surface area contributed by atoms with E-state index in [9.17, 15) is 12.8 Å². The Morgan fingerprint density at radius 1 is 1.17 bits per heavy atom. The van der Waals surface area contributed by atoms with Crippen LogP contribution >= 0.6 is 0 Å². The van der Waals surface area contributed by atoms with Crippen LogP contribution < -0.4 is 4.72 Å². The molecule has 1 aromatic carbocycles. The zero-order chi connectivity index (χ0) is 13.2. The van der Waals surface area contributed by atoms with Crippen molar-refractivity contribution in [3.63, 3.8) is 0 Å². The second-order valence-electron chi connectivity index (χ2n) is 3.75. The van der Waals surface area contributed by atoms with E-state index in [1.165, 1.54) is 18.3 Å². The van der Waals surface area contributed by atoms with E-state index in [2.05, 4.69) is 9.71 Å². The summed E-state index contributed by atoms with van der Waals surface area (Å²) in [6.07, 6.45) is 3.00. The van der Waals surface area contributed by atoms with Crippen LogP contribution in [0.5, 0.6) is 0 Å². The van der Waals surface area contributed by atoms with E-state index in [-0.39, 0.29) is 4.90 Å². The Bertz CT molecular complexity index is 654. The maximum absolute atomic E-state index is 12.7. The van der Waals surface area contributed by atoms with Crippen molar-refractivity contribution < 1.29 is 12.8 Å². The number of hydrogen-bond acceptors (Lipinski definition) is 3. The Kier molecular flexibility index (Phi) is 3.29. The Morgan fingerprint density at radius 3 is 2.44 bits per heavy atom. The highest BCUT2D eigenvalue weighted by atomic mass is 32.2. The molecule has 2 aromatic rings. The molecule has 0 aliphatic carbocycles. The fourth-order valence-corrected chi connectivity index (χ4v) is 2.50. The van der Waals surface area contributed by atoms with Gasteiger partial charge in [0, 0.05) is 6.20 Å². The van der Waals surface area contributed by atoms with Gasteiger partial charge in [-0.15, -0.1) is 0 Å². The van der Waals surface area contributed by atoms with Crippen molar-refractivity contribution in [1.82, 2.24) is 4.98 Å². The number of pyridine rings is 1.